The average Bonchev–Trinajstić information content (AvgIpc) is 2.83. The number of esters is 1. The molecule has 7 atom stereocenters. The van der Waals surface area contributed by atoms with Crippen LogP contribution in [-0.2, 0) is 14.3 Å². The normalized spacial score (nSPS) is 48.9. The van der Waals surface area contributed by atoms with Crippen LogP contribution in [0.4, 0.5) is 0 Å². The van der Waals surface area contributed by atoms with Crippen molar-refractivity contribution >= 4 is 11.8 Å². The predicted molar refractivity (Wildman–Crippen MR) is 93.7 cm³/mol. The summed E-state index contributed by atoms with van der Waals surface area (Å²) in [5.41, 5.74) is 1.10. The van der Waals surface area contributed by atoms with Gasteiger partial charge in [-0.2, -0.15) is 0 Å². The Hall–Kier alpha value is -1.16. The van der Waals surface area contributed by atoms with E-state index in [2.05, 4.69) is 13.8 Å². The SMILES string of the molecule is CC(=O)OC1CCC2C3CCC4=CC(=O)CCC4(C)C3C(O)CC12C. The van der Waals surface area contributed by atoms with Crippen molar-refractivity contribution in [2.24, 2.45) is 28.6 Å². The van der Waals surface area contributed by atoms with Crippen LogP contribution < -0.4 is 0 Å². The molecule has 4 aliphatic carbocycles. The van der Waals surface area contributed by atoms with Crippen molar-refractivity contribution in [3.05, 3.63) is 11.6 Å². The molecular weight excluding hydrogens is 316 g/mol. The zero-order valence-electron chi connectivity index (χ0n) is 15.6. The summed E-state index contributed by atoms with van der Waals surface area (Å²) in [5, 5.41) is 11.2. The summed E-state index contributed by atoms with van der Waals surface area (Å²) in [4.78, 5) is 23.4. The van der Waals surface area contributed by atoms with Crippen LogP contribution in [0.2, 0.25) is 0 Å². The van der Waals surface area contributed by atoms with E-state index in [1.807, 2.05) is 6.08 Å². The van der Waals surface area contributed by atoms with E-state index >= 15 is 0 Å². The number of aliphatic hydroxyl groups is 1. The number of allylic oxidation sites excluding steroid dienone is 1. The molecule has 4 rings (SSSR count). The predicted octanol–water partition coefficient (Wildman–Crippen LogP) is 3.42. The number of rotatable bonds is 1. The van der Waals surface area contributed by atoms with E-state index < -0.39 is 0 Å². The van der Waals surface area contributed by atoms with Gasteiger partial charge in [0.25, 0.3) is 0 Å². The van der Waals surface area contributed by atoms with Crippen LogP contribution in [0.3, 0.4) is 0 Å². The van der Waals surface area contributed by atoms with Gasteiger partial charge in [0, 0.05) is 18.8 Å². The van der Waals surface area contributed by atoms with Gasteiger partial charge < -0.3 is 9.84 Å². The van der Waals surface area contributed by atoms with Crippen molar-refractivity contribution in [2.45, 2.75) is 77.9 Å². The lowest BCUT2D eigenvalue weighted by Crippen LogP contribution is -2.57. The highest BCUT2D eigenvalue weighted by molar-refractivity contribution is 5.91. The molecule has 138 valence electrons. The van der Waals surface area contributed by atoms with Crippen LogP contribution in [0, 0.1) is 28.6 Å². The van der Waals surface area contributed by atoms with Gasteiger partial charge in [0.05, 0.1) is 6.10 Å². The Labute approximate surface area is 150 Å². The smallest absolute Gasteiger partial charge is 0.302 e. The Bertz CT molecular complexity index is 638. The summed E-state index contributed by atoms with van der Waals surface area (Å²) in [6.45, 7) is 5.97. The highest BCUT2D eigenvalue weighted by atomic mass is 16.5. The van der Waals surface area contributed by atoms with Crippen LogP contribution in [0.15, 0.2) is 11.6 Å². The fourth-order valence-electron chi connectivity index (χ4n) is 7.04. The molecular formula is C21H30O4. The van der Waals surface area contributed by atoms with Crippen LogP contribution in [0.5, 0.6) is 0 Å². The summed E-state index contributed by atoms with van der Waals surface area (Å²) in [7, 11) is 0. The molecule has 0 saturated heterocycles. The zero-order chi connectivity index (χ0) is 18.0. The summed E-state index contributed by atoms with van der Waals surface area (Å²) in [5.74, 6) is 1.23. The van der Waals surface area contributed by atoms with Gasteiger partial charge in [-0.1, -0.05) is 19.4 Å². The second-order valence-corrected chi connectivity index (χ2v) is 9.34. The molecule has 0 aromatic rings. The van der Waals surface area contributed by atoms with E-state index in [9.17, 15) is 14.7 Å². The van der Waals surface area contributed by atoms with Crippen molar-refractivity contribution < 1.29 is 19.4 Å². The van der Waals surface area contributed by atoms with Crippen LogP contribution in [0.1, 0.15) is 65.7 Å². The number of hydrogen-bond acceptors (Lipinski definition) is 4. The van der Waals surface area contributed by atoms with Crippen LogP contribution >= 0.6 is 0 Å². The van der Waals surface area contributed by atoms with E-state index in [-0.39, 0.29) is 40.7 Å². The van der Waals surface area contributed by atoms with E-state index in [0.29, 0.717) is 24.7 Å². The van der Waals surface area contributed by atoms with Gasteiger partial charge in [-0.15, -0.1) is 0 Å². The highest BCUT2D eigenvalue weighted by Gasteiger charge is 2.62. The van der Waals surface area contributed by atoms with Crippen LogP contribution in [0.25, 0.3) is 0 Å². The lowest BCUT2D eigenvalue weighted by atomic mass is 9.46. The monoisotopic (exact) mass is 346 g/mol. The minimum Gasteiger partial charge on any atom is -0.462 e. The molecule has 4 heteroatoms. The molecule has 0 spiro atoms. The standard InChI is InChI=1S/C21H30O4/c1-12(22)25-18-7-6-16-15-5-4-13-10-14(23)8-9-20(13,2)19(15)17(24)11-21(16,18)3/h10,15-19,24H,4-9,11H2,1-3H3. The average molecular weight is 346 g/mol. The topological polar surface area (TPSA) is 63.6 Å². The Morgan fingerprint density at radius 1 is 1.24 bits per heavy atom. The molecule has 3 saturated carbocycles. The van der Waals surface area contributed by atoms with Gasteiger partial charge in [0.2, 0.25) is 0 Å². The second kappa shape index (κ2) is 5.67. The molecule has 25 heavy (non-hydrogen) atoms. The van der Waals surface area contributed by atoms with Crippen molar-refractivity contribution in [1.29, 1.82) is 0 Å². The van der Waals surface area contributed by atoms with E-state index in [0.717, 1.165) is 32.1 Å². The first-order chi connectivity index (χ1) is 11.8. The van der Waals surface area contributed by atoms with Gasteiger partial charge >= 0.3 is 5.97 Å². The van der Waals surface area contributed by atoms with Gasteiger partial charge in [-0.3, -0.25) is 9.59 Å². The lowest BCUT2D eigenvalue weighted by Gasteiger charge is -2.59. The Morgan fingerprint density at radius 3 is 2.72 bits per heavy atom. The summed E-state index contributed by atoms with van der Waals surface area (Å²) in [6.07, 6.45) is 7.60. The van der Waals surface area contributed by atoms with Gasteiger partial charge in [-0.05, 0) is 67.8 Å². The van der Waals surface area contributed by atoms with Gasteiger partial charge in [-0.25, -0.2) is 0 Å². The first kappa shape index (κ1) is 17.3. The third kappa shape index (κ3) is 2.43. The van der Waals surface area contributed by atoms with Crippen molar-refractivity contribution in [3.63, 3.8) is 0 Å². The maximum atomic E-state index is 11.9. The maximum absolute atomic E-state index is 11.9. The molecule has 0 amide bonds. The third-order valence-electron chi connectivity index (χ3n) is 8.11. The molecule has 1 N–H and O–H groups in total. The number of carbonyl (C=O) groups is 2. The van der Waals surface area contributed by atoms with Gasteiger partial charge in [0.15, 0.2) is 5.78 Å². The number of ketones is 1. The number of hydrogen-bond donors (Lipinski definition) is 1. The first-order valence-corrected chi connectivity index (χ1v) is 9.85. The summed E-state index contributed by atoms with van der Waals surface area (Å²) >= 11 is 0. The Kier molecular flexibility index (Phi) is 3.91. The molecule has 0 bridgehead atoms. The molecule has 7 unspecified atom stereocenters. The molecule has 4 aliphatic rings. The zero-order valence-corrected chi connectivity index (χ0v) is 15.6. The molecule has 0 aromatic carbocycles. The van der Waals surface area contributed by atoms with Gasteiger partial charge in [0.1, 0.15) is 6.10 Å². The number of ether oxygens (including phenoxy) is 1. The maximum Gasteiger partial charge on any atom is 0.302 e. The third-order valence-corrected chi connectivity index (χ3v) is 8.11. The van der Waals surface area contributed by atoms with Crippen molar-refractivity contribution in [2.75, 3.05) is 0 Å². The van der Waals surface area contributed by atoms with E-state index in [1.165, 1.54) is 12.5 Å². The summed E-state index contributed by atoms with van der Waals surface area (Å²) in [6, 6.07) is 0. The van der Waals surface area contributed by atoms with Crippen LogP contribution in [-0.4, -0.2) is 29.1 Å². The first-order valence-electron chi connectivity index (χ1n) is 9.85. The number of aliphatic hydroxyl groups excluding tert-OH is 1. The summed E-state index contributed by atoms with van der Waals surface area (Å²) < 4.78 is 5.65. The second-order valence-electron chi connectivity index (χ2n) is 9.34. The molecule has 0 heterocycles. The minimum absolute atomic E-state index is 0.0446. The Morgan fingerprint density at radius 2 is 2.00 bits per heavy atom. The fourth-order valence-corrected chi connectivity index (χ4v) is 7.04. The number of carbonyl (C=O) groups excluding carboxylic acids is 2. The fraction of sp³-hybridized carbons (Fsp3) is 0.810. The lowest BCUT2D eigenvalue weighted by molar-refractivity contribution is -0.168. The minimum atomic E-state index is -0.385. The highest BCUT2D eigenvalue weighted by Crippen LogP contribution is 2.65. The molecule has 3 fully saturated rings. The quantitative estimate of drug-likeness (QED) is 0.739. The molecule has 0 aliphatic heterocycles. The molecule has 4 nitrogen and oxygen atoms in total. The molecule has 0 aromatic heterocycles. The van der Waals surface area contributed by atoms with Crippen molar-refractivity contribution in [3.8, 4) is 0 Å². The number of fused-ring (bicyclic) bond motifs is 5. The van der Waals surface area contributed by atoms with E-state index in [4.69, 9.17) is 4.74 Å². The Balaban J connectivity index is 1.68. The largest absolute Gasteiger partial charge is 0.462 e. The van der Waals surface area contributed by atoms with E-state index in [1.54, 1.807) is 0 Å². The molecule has 0 radical (unpaired) electrons. The van der Waals surface area contributed by atoms with Crippen molar-refractivity contribution in [1.82, 2.24) is 0 Å².